The fourth-order valence-electron chi connectivity index (χ4n) is 2.14. The monoisotopic (exact) mass is 275 g/mol. The van der Waals surface area contributed by atoms with E-state index in [1.165, 1.54) is 18.9 Å². The zero-order chi connectivity index (χ0) is 13.2. The van der Waals surface area contributed by atoms with E-state index in [1.807, 2.05) is 30.3 Å². The normalized spacial score (nSPS) is 14.6. The lowest BCUT2D eigenvalue weighted by Crippen LogP contribution is -2.15. The molecule has 0 spiro atoms. The molecule has 0 saturated heterocycles. The Morgan fingerprint density at radius 3 is 2.53 bits per heavy atom. The number of nitrogens with one attached hydrogen (secondary N) is 1. The Morgan fingerprint density at radius 2 is 1.84 bits per heavy atom. The highest BCUT2D eigenvalue weighted by atomic mass is 35.5. The molecule has 1 nitrogen and oxygen atoms in total. The average molecular weight is 276 g/mol. The van der Waals surface area contributed by atoms with Gasteiger partial charge in [-0.1, -0.05) is 29.8 Å². The average Bonchev–Trinajstić information content (AvgIpc) is 3.22. The standard InChI is InChI=1S/C16H15ClFN/c17-13-4-1-11(2-5-13)16-9-14(18)6-3-12(16)10-19-15-7-8-15/h1-6,9,15,19H,7-8,10H2. The summed E-state index contributed by atoms with van der Waals surface area (Å²) in [5.74, 6) is -0.208. The lowest BCUT2D eigenvalue weighted by molar-refractivity contribution is 0.625. The van der Waals surface area contributed by atoms with E-state index >= 15 is 0 Å². The molecule has 0 radical (unpaired) electrons. The van der Waals surface area contributed by atoms with Gasteiger partial charge in [-0.25, -0.2) is 4.39 Å². The smallest absolute Gasteiger partial charge is 0.123 e. The van der Waals surface area contributed by atoms with Gasteiger partial charge in [0.15, 0.2) is 0 Å². The van der Waals surface area contributed by atoms with Gasteiger partial charge in [0, 0.05) is 17.6 Å². The molecule has 1 fully saturated rings. The fraction of sp³-hybridized carbons (Fsp3) is 0.250. The van der Waals surface area contributed by atoms with Gasteiger partial charge in [0.05, 0.1) is 0 Å². The predicted molar refractivity (Wildman–Crippen MR) is 76.7 cm³/mol. The molecule has 3 heteroatoms. The van der Waals surface area contributed by atoms with Crippen molar-refractivity contribution in [3.63, 3.8) is 0 Å². The molecule has 19 heavy (non-hydrogen) atoms. The van der Waals surface area contributed by atoms with Gasteiger partial charge in [0.2, 0.25) is 0 Å². The van der Waals surface area contributed by atoms with E-state index in [0.29, 0.717) is 11.1 Å². The van der Waals surface area contributed by atoms with Crippen LogP contribution in [0.3, 0.4) is 0 Å². The highest BCUT2D eigenvalue weighted by Crippen LogP contribution is 2.27. The van der Waals surface area contributed by atoms with Crippen molar-refractivity contribution in [1.82, 2.24) is 5.32 Å². The third kappa shape index (κ3) is 3.14. The van der Waals surface area contributed by atoms with Gasteiger partial charge >= 0.3 is 0 Å². The predicted octanol–water partition coefficient (Wildman–Crippen LogP) is 4.40. The lowest BCUT2D eigenvalue weighted by Gasteiger charge is -2.11. The van der Waals surface area contributed by atoms with E-state index < -0.39 is 0 Å². The van der Waals surface area contributed by atoms with Gasteiger partial charge in [-0.15, -0.1) is 0 Å². The van der Waals surface area contributed by atoms with Crippen LogP contribution in [0.15, 0.2) is 42.5 Å². The van der Waals surface area contributed by atoms with Crippen LogP contribution in [0.4, 0.5) is 4.39 Å². The number of hydrogen-bond acceptors (Lipinski definition) is 1. The van der Waals surface area contributed by atoms with Crippen LogP contribution in [0.25, 0.3) is 11.1 Å². The van der Waals surface area contributed by atoms with Crippen LogP contribution in [0.5, 0.6) is 0 Å². The molecule has 0 atom stereocenters. The van der Waals surface area contributed by atoms with Crippen LogP contribution < -0.4 is 5.32 Å². The van der Waals surface area contributed by atoms with Gasteiger partial charge in [-0.2, -0.15) is 0 Å². The van der Waals surface area contributed by atoms with Crippen LogP contribution in [0.2, 0.25) is 5.02 Å². The minimum atomic E-state index is -0.208. The van der Waals surface area contributed by atoms with Crippen molar-refractivity contribution in [2.45, 2.75) is 25.4 Å². The van der Waals surface area contributed by atoms with Crippen LogP contribution >= 0.6 is 11.6 Å². The zero-order valence-electron chi connectivity index (χ0n) is 10.5. The zero-order valence-corrected chi connectivity index (χ0v) is 11.3. The second-order valence-electron chi connectivity index (χ2n) is 4.96. The Bertz CT molecular complexity index is 576. The molecular formula is C16H15ClFN. The van der Waals surface area contributed by atoms with Crippen LogP contribution in [-0.2, 0) is 6.54 Å². The Hall–Kier alpha value is -1.38. The van der Waals surface area contributed by atoms with Crippen LogP contribution in [0, 0.1) is 5.82 Å². The second-order valence-corrected chi connectivity index (χ2v) is 5.40. The van der Waals surface area contributed by atoms with Crippen molar-refractivity contribution in [3.05, 3.63) is 58.9 Å². The largest absolute Gasteiger partial charge is 0.310 e. The highest BCUT2D eigenvalue weighted by Gasteiger charge is 2.20. The maximum absolute atomic E-state index is 13.5. The summed E-state index contributed by atoms with van der Waals surface area (Å²) in [5.41, 5.74) is 3.05. The van der Waals surface area contributed by atoms with E-state index in [1.54, 1.807) is 6.07 Å². The maximum atomic E-state index is 13.5. The molecule has 0 aliphatic heterocycles. The molecule has 0 heterocycles. The first-order chi connectivity index (χ1) is 9.22. The van der Waals surface area contributed by atoms with Crippen molar-refractivity contribution >= 4 is 11.6 Å². The summed E-state index contributed by atoms with van der Waals surface area (Å²) in [5, 5.41) is 4.16. The molecule has 3 rings (SSSR count). The molecule has 2 aromatic rings. The molecule has 0 amide bonds. The van der Waals surface area contributed by atoms with E-state index in [0.717, 1.165) is 23.2 Å². The van der Waals surface area contributed by atoms with Crippen LogP contribution in [0.1, 0.15) is 18.4 Å². The lowest BCUT2D eigenvalue weighted by atomic mass is 9.99. The van der Waals surface area contributed by atoms with Gasteiger partial charge in [-0.05, 0) is 53.8 Å². The third-order valence-corrected chi connectivity index (χ3v) is 3.64. The molecule has 1 aliphatic rings. The molecule has 98 valence electrons. The summed E-state index contributed by atoms with van der Waals surface area (Å²) >= 11 is 5.89. The first kappa shape index (κ1) is 12.6. The van der Waals surface area contributed by atoms with Gasteiger partial charge in [-0.3, -0.25) is 0 Å². The van der Waals surface area contributed by atoms with Crippen molar-refractivity contribution in [2.24, 2.45) is 0 Å². The van der Waals surface area contributed by atoms with Crippen molar-refractivity contribution < 1.29 is 4.39 Å². The van der Waals surface area contributed by atoms with Gasteiger partial charge in [0.25, 0.3) is 0 Å². The first-order valence-corrected chi connectivity index (χ1v) is 6.88. The molecule has 0 unspecified atom stereocenters. The third-order valence-electron chi connectivity index (χ3n) is 3.39. The summed E-state index contributed by atoms with van der Waals surface area (Å²) in [6, 6.07) is 13.1. The van der Waals surface area contributed by atoms with Crippen molar-refractivity contribution in [2.75, 3.05) is 0 Å². The number of benzene rings is 2. The Morgan fingerprint density at radius 1 is 1.11 bits per heavy atom. The maximum Gasteiger partial charge on any atom is 0.123 e. The van der Waals surface area contributed by atoms with E-state index in [-0.39, 0.29) is 5.82 Å². The minimum Gasteiger partial charge on any atom is -0.310 e. The van der Waals surface area contributed by atoms with Crippen molar-refractivity contribution in [3.8, 4) is 11.1 Å². The Kier molecular flexibility index (Phi) is 3.54. The molecule has 1 aliphatic carbocycles. The molecule has 1 N–H and O–H groups in total. The first-order valence-electron chi connectivity index (χ1n) is 6.50. The quantitative estimate of drug-likeness (QED) is 0.872. The molecular weight excluding hydrogens is 261 g/mol. The fourth-order valence-corrected chi connectivity index (χ4v) is 2.27. The topological polar surface area (TPSA) is 12.0 Å². The highest BCUT2D eigenvalue weighted by molar-refractivity contribution is 6.30. The SMILES string of the molecule is Fc1ccc(CNC2CC2)c(-c2ccc(Cl)cc2)c1. The van der Waals surface area contributed by atoms with Crippen LogP contribution in [-0.4, -0.2) is 6.04 Å². The molecule has 0 bridgehead atoms. The molecule has 2 aromatic carbocycles. The van der Waals surface area contributed by atoms with E-state index in [9.17, 15) is 4.39 Å². The van der Waals surface area contributed by atoms with Gasteiger partial charge in [0.1, 0.15) is 5.82 Å². The summed E-state index contributed by atoms with van der Waals surface area (Å²) in [7, 11) is 0. The second kappa shape index (κ2) is 5.32. The van der Waals surface area contributed by atoms with E-state index in [2.05, 4.69) is 5.32 Å². The molecule has 1 saturated carbocycles. The Balaban J connectivity index is 1.92. The minimum absolute atomic E-state index is 0.208. The van der Waals surface area contributed by atoms with Crippen molar-refractivity contribution in [1.29, 1.82) is 0 Å². The van der Waals surface area contributed by atoms with Gasteiger partial charge < -0.3 is 5.32 Å². The number of rotatable bonds is 4. The molecule has 0 aromatic heterocycles. The summed E-state index contributed by atoms with van der Waals surface area (Å²) in [4.78, 5) is 0. The summed E-state index contributed by atoms with van der Waals surface area (Å²) < 4.78 is 13.5. The van der Waals surface area contributed by atoms with E-state index in [4.69, 9.17) is 11.6 Å². The summed E-state index contributed by atoms with van der Waals surface area (Å²) in [6.45, 7) is 0.781. The number of hydrogen-bond donors (Lipinski definition) is 1. The Labute approximate surface area is 117 Å². The summed E-state index contributed by atoms with van der Waals surface area (Å²) in [6.07, 6.45) is 2.49. The number of halogens is 2.